The summed E-state index contributed by atoms with van der Waals surface area (Å²) in [6.45, 7) is 3.87. The highest BCUT2D eigenvalue weighted by molar-refractivity contribution is 5.83. The smallest absolute Gasteiger partial charge is 0.240 e. The minimum absolute atomic E-state index is 0.123. The summed E-state index contributed by atoms with van der Waals surface area (Å²) in [5, 5.41) is 5.96. The summed E-state index contributed by atoms with van der Waals surface area (Å²) >= 11 is 0. The fraction of sp³-hybridized carbons (Fsp3) is 0.455. The van der Waals surface area contributed by atoms with Crippen LogP contribution in [0.4, 0.5) is 11.6 Å². The van der Waals surface area contributed by atoms with Crippen LogP contribution in [0.25, 0.3) is 0 Å². The van der Waals surface area contributed by atoms with E-state index in [-0.39, 0.29) is 11.8 Å². The SMILES string of the molecule is CNc1cccc(NC(C(N)=O)C(C)C)n1. The van der Waals surface area contributed by atoms with Crippen molar-refractivity contribution in [1.82, 2.24) is 4.98 Å². The maximum absolute atomic E-state index is 11.2. The molecule has 1 amide bonds. The molecule has 1 aromatic rings. The summed E-state index contributed by atoms with van der Waals surface area (Å²) in [6.07, 6.45) is 0. The number of carbonyl (C=O) groups excluding carboxylic acids is 1. The zero-order valence-electron chi connectivity index (χ0n) is 9.82. The number of amides is 1. The van der Waals surface area contributed by atoms with Gasteiger partial charge < -0.3 is 16.4 Å². The van der Waals surface area contributed by atoms with E-state index in [0.29, 0.717) is 5.82 Å². The average Bonchev–Trinajstić information content (AvgIpc) is 2.25. The number of pyridine rings is 1. The van der Waals surface area contributed by atoms with Gasteiger partial charge in [0.05, 0.1) is 0 Å². The number of carbonyl (C=O) groups is 1. The molecular formula is C11H18N4O. The van der Waals surface area contributed by atoms with Gasteiger partial charge in [-0.25, -0.2) is 4.98 Å². The molecular weight excluding hydrogens is 204 g/mol. The maximum atomic E-state index is 11.2. The Kier molecular flexibility index (Phi) is 4.10. The van der Waals surface area contributed by atoms with Gasteiger partial charge in [0.1, 0.15) is 17.7 Å². The number of nitrogens with zero attached hydrogens (tertiary/aromatic N) is 1. The van der Waals surface area contributed by atoms with Gasteiger partial charge in [-0.1, -0.05) is 19.9 Å². The summed E-state index contributed by atoms with van der Waals surface area (Å²) < 4.78 is 0. The van der Waals surface area contributed by atoms with E-state index in [4.69, 9.17) is 5.73 Å². The molecule has 5 nitrogen and oxygen atoms in total. The van der Waals surface area contributed by atoms with Gasteiger partial charge in [0.25, 0.3) is 0 Å². The summed E-state index contributed by atoms with van der Waals surface area (Å²) in [5.41, 5.74) is 5.31. The van der Waals surface area contributed by atoms with Gasteiger partial charge in [-0.05, 0) is 18.1 Å². The van der Waals surface area contributed by atoms with Crippen LogP contribution in [0.15, 0.2) is 18.2 Å². The van der Waals surface area contributed by atoms with Crippen molar-refractivity contribution in [3.05, 3.63) is 18.2 Å². The Labute approximate surface area is 95.4 Å². The standard InChI is InChI=1S/C11H18N4O/c1-7(2)10(11(12)16)15-9-6-4-5-8(13-3)14-9/h4-7,10H,1-3H3,(H2,12,16)(H2,13,14,15). The van der Waals surface area contributed by atoms with E-state index < -0.39 is 6.04 Å². The fourth-order valence-electron chi connectivity index (χ4n) is 1.38. The van der Waals surface area contributed by atoms with E-state index in [9.17, 15) is 4.79 Å². The monoisotopic (exact) mass is 222 g/mol. The minimum Gasteiger partial charge on any atom is -0.373 e. The van der Waals surface area contributed by atoms with E-state index >= 15 is 0 Å². The molecule has 1 unspecified atom stereocenters. The molecule has 0 spiro atoms. The van der Waals surface area contributed by atoms with E-state index in [0.717, 1.165) is 5.82 Å². The number of hydrogen-bond donors (Lipinski definition) is 3. The second-order valence-corrected chi connectivity index (χ2v) is 3.93. The summed E-state index contributed by atoms with van der Waals surface area (Å²) in [4.78, 5) is 15.5. The molecule has 1 aromatic heterocycles. The second kappa shape index (κ2) is 5.34. The van der Waals surface area contributed by atoms with Crippen molar-refractivity contribution in [2.24, 2.45) is 11.7 Å². The molecule has 0 aliphatic carbocycles. The predicted octanol–water partition coefficient (Wildman–Crippen LogP) is 1.05. The molecule has 0 saturated heterocycles. The Bertz CT molecular complexity index is 365. The van der Waals surface area contributed by atoms with E-state index in [1.807, 2.05) is 26.0 Å². The molecule has 16 heavy (non-hydrogen) atoms. The lowest BCUT2D eigenvalue weighted by Gasteiger charge is -2.19. The molecule has 1 atom stereocenters. The highest BCUT2D eigenvalue weighted by atomic mass is 16.1. The largest absolute Gasteiger partial charge is 0.373 e. The van der Waals surface area contributed by atoms with Crippen LogP contribution in [0.1, 0.15) is 13.8 Å². The maximum Gasteiger partial charge on any atom is 0.240 e. The predicted molar refractivity (Wildman–Crippen MR) is 65.2 cm³/mol. The normalized spacial score (nSPS) is 12.2. The van der Waals surface area contributed by atoms with Gasteiger partial charge in [0.2, 0.25) is 5.91 Å². The molecule has 0 aromatic carbocycles. The quantitative estimate of drug-likeness (QED) is 0.695. The van der Waals surface area contributed by atoms with E-state index in [1.165, 1.54) is 0 Å². The average molecular weight is 222 g/mol. The van der Waals surface area contributed by atoms with Gasteiger partial charge in [0.15, 0.2) is 0 Å². The molecule has 0 fully saturated rings. The lowest BCUT2D eigenvalue weighted by Crippen LogP contribution is -2.39. The highest BCUT2D eigenvalue weighted by Gasteiger charge is 2.19. The molecule has 5 heteroatoms. The Hall–Kier alpha value is -1.78. The first-order valence-corrected chi connectivity index (χ1v) is 5.25. The van der Waals surface area contributed by atoms with Crippen molar-refractivity contribution in [2.75, 3.05) is 17.7 Å². The van der Waals surface area contributed by atoms with Crippen LogP contribution in [0.2, 0.25) is 0 Å². The highest BCUT2D eigenvalue weighted by Crippen LogP contribution is 2.12. The number of hydrogen-bond acceptors (Lipinski definition) is 4. The van der Waals surface area contributed by atoms with Crippen LogP contribution in [0.3, 0.4) is 0 Å². The molecule has 88 valence electrons. The molecule has 1 heterocycles. The van der Waals surface area contributed by atoms with Gasteiger partial charge in [-0.3, -0.25) is 4.79 Å². The molecule has 0 radical (unpaired) electrons. The molecule has 1 rings (SSSR count). The third kappa shape index (κ3) is 3.12. The van der Waals surface area contributed by atoms with Crippen molar-refractivity contribution < 1.29 is 4.79 Å². The first-order valence-electron chi connectivity index (χ1n) is 5.25. The van der Waals surface area contributed by atoms with Crippen molar-refractivity contribution >= 4 is 17.5 Å². The number of nitrogens with one attached hydrogen (secondary N) is 2. The summed E-state index contributed by atoms with van der Waals surface area (Å²) in [5.74, 6) is 1.14. The Morgan fingerprint density at radius 2 is 2.00 bits per heavy atom. The molecule has 0 aliphatic heterocycles. The van der Waals surface area contributed by atoms with Crippen molar-refractivity contribution in [3.8, 4) is 0 Å². The van der Waals surface area contributed by atoms with Crippen LogP contribution in [0, 0.1) is 5.92 Å². The first kappa shape index (κ1) is 12.3. The molecule has 0 saturated carbocycles. The first-order chi connectivity index (χ1) is 7.54. The van der Waals surface area contributed by atoms with Gasteiger partial charge >= 0.3 is 0 Å². The second-order valence-electron chi connectivity index (χ2n) is 3.93. The van der Waals surface area contributed by atoms with Crippen LogP contribution < -0.4 is 16.4 Å². The number of rotatable bonds is 5. The summed E-state index contributed by atoms with van der Waals surface area (Å²) in [6, 6.07) is 5.11. The molecule has 0 aliphatic rings. The fourth-order valence-corrected chi connectivity index (χ4v) is 1.38. The Balaban J connectivity index is 2.81. The molecule has 0 bridgehead atoms. The lowest BCUT2D eigenvalue weighted by molar-refractivity contribution is -0.119. The van der Waals surface area contributed by atoms with Crippen molar-refractivity contribution in [1.29, 1.82) is 0 Å². The number of aromatic nitrogens is 1. The van der Waals surface area contributed by atoms with Crippen LogP contribution in [0.5, 0.6) is 0 Å². The lowest BCUT2D eigenvalue weighted by atomic mass is 10.0. The van der Waals surface area contributed by atoms with Crippen LogP contribution in [-0.2, 0) is 4.79 Å². The van der Waals surface area contributed by atoms with Gasteiger partial charge in [0, 0.05) is 7.05 Å². The summed E-state index contributed by atoms with van der Waals surface area (Å²) in [7, 11) is 1.79. The van der Waals surface area contributed by atoms with Crippen LogP contribution in [-0.4, -0.2) is 24.0 Å². The Morgan fingerprint density at radius 1 is 1.38 bits per heavy atom. The Morgan fingerprint density at radius 3 is 2.50 bits per heavy atom. The van der Waals surface area contributed by atoms with Crippen molar-refractivity contribution in [3.63, 3.8) is 0 Å². The molecule has 4 N–H and O–H groups in total. The number of anilines is 2. The minimum atomic E-state index is -0.403. The third-order valence-corrected chi connectivity index (χ3v) is 2.28. The van der Waals surface area contributed by atoms with E-state index in [1.54, 1.807) is 13.1 Å². The zero-order chi connectivity index (χ0) is 12.1. The number of nitrogens with two attached hydrogens (primary N) is 1. The zero-order valence-corrected chi connectivity index (χ0v) is 9.82. The van der Waals surface area contributed by atoms with E-state index in [2.05, 4.69) is 15.6 Å². The van der Waals surface area contributed by atoms with Gasteiger partial charge in [-0.15, -0.1) is 0 Å². The number of primary amides is 1. The van der Waals surface area contributed by atoms with Gasteiger partial charge in [-0.2, -0.15) is 0 Å². The third-order valence-electron chi connectivity index (χ3n) is 2.28. The van der Waals surface area contributed by atoms with Crippen LogP contribution >= 0.6 is 0 Å². The van der Waals surface area contributed by atoms with Crippen molar-refractivity contribution in [2.45, 2.75) is 19.9 Å². The topological polar surface area (TPSA) is 80.0 Å².